The lowest BCUT2D eigenvalue weighted by Gasteiger charge is -2.14. The van der Waals surface area contributed by atoms with Gasteiger partial charge >= 0.3 is 5.97 Å². The molecule has 2 atom stereocenters. The molecule has 0 spiro atoms. The van der Waals surface area contributed by atoms with Crippen LogP contribution in [0.1, 0.15) is 30.1 Å². The first-order valence-corrected chi connectivity index (χ1v) is 7.42. The summed E-state index contributed by atoms with van der Waals surface area (Å²) in [7, 11) is 0. The van der Waals surface area contributed by atoms with E-state index < -0.39 is 5.92 Å². The van der Waals surface area contributed by atoms with Crippen molar-refractivity contribution in [3.63, 3.8) is 0 Å². The molecular formula is C15H17BrO4. The Morgan fingerprint density at radius 1 is 1.50 bits per heavy atom. The van der Waals surface area contributed by atoms with E-state index in [1.54, 1.807) is 25.1 Å². The molecule has 5 heteroatoms. The first kappa shape index (κ1) is 15.2. The molecule has 1 aromatic carbocycles. The molecule has 1 aliphatic heterocycles. The van der Waals surface area contributed by atoms with Gasteiger partial charge < -0.3 is 9.47 Å². The number of ketones is 1. The molecule has 108 valence electrons. The zero-order valence-corrected chi connectivity index (χ0v) is 12.9. The van der Waals surface area contributed by atoms with Crippen molar-refractivity contribution in [2.45, 2.75) is 25.9 Å². The predicted molar refractivity (Wildman–Crippen MR) is 77.6 cm³/mol. The fourth-order valence-corrected chi connectivity index (χ4v) is 2.43. The maximum absolute atomic E-state index is 12.1. The molecule has 0 aliphatic carbocycles. The van der Waals surface area contributed by atoms with E-state index in [0.29, 0.717) is 18.8 Å². The second-order valence-electron chi connectivity index (χ2n) is 4.96. The topological polar surface area (TPSA) is 52.6 Å². The summed E-state index contributed by atoms with van der Waals surface area (Å²) in [6.07, 6.45) is 0.729. The van der Waals surface area contributed by atoms with Crippen LogP contribution >= 0.6 is 15.9 Å². The smallest absolute Gasteiger partial charge is 0.309 e. The van der Waals surface area contributed by atoms with Crippen molar-refractivity contribution in [1.82, 2.24) is 0 Å². The molecule has 0 radical (unpaired) electrons. The molecule has 0 saturated carbocycles. The maximum atomic E-state index is 12.1. The monoisotopic (exact) mass is 340 g/mol. The average Bonchev–Trinajstić information content (AvgIpc) is 2.91. The molecule has 1 heterocycles. The molecule has 0 amide bonds. The van der Waals surface area contributed by atoms with Gasteiger partial charge in [-0.25, -0.2) is 0 Å². The summed E-state index contributed by atoms with van der Waals surface area (Å²) in [5, 5.41) is 0. The van der Waals surface area contributed by atoms with Crippen LogP contribution in [0.4, 0.5) is 0 Å². The van der Waals surface area contributed by atoms with Gasteiger partial charge in [0.15, 0.2) is 5.78 Å². The molecule has 20 heavy (non-hydrogen) atoms. The Morgan fingerprint density at radius 3 is 2.95 bits per heavy atom. The molecule has 1 aromatic rings. The van der Waals surface area contributed by atoms with Gasteiger partial charge in [0.1, 0.15) is 6.10 Å². The van der Waals surface area contributed by atoms with Gasteiger partial charge in [-0.15, -0.1) is 0 Å². The Labute approximate surface area is 126 Å². The largest absolute Gasteiger partial charge is 0.460 e. The zero-order chi connectivity index (χ0) is 14.5. The summed E-state index contributed by atoms with van der Waals surface area (Å²) in [5.41, 5.74) is 0.600. The van der Waals surface area contributed by atoms with Gasteiger partial charge in [-0.05, 0) is 12.1 Å². The van der Waals surface area contributed by atoms with Gasteiger partial charge in [0.2, 0.25) is 0 Å². The third kappa shape index (κ3) is 4.15. The second kappa shape index (κ2) is 6.99. The number of benzene rings is 1. The van der Waals surface area contributed by atoms with E-state index in [4.69, 9.17) is 9.47 Å². The zero-order valence-electron chi connectivity index (χ0n) is 11.3. The molecule has 1 fully saturated rings. The first-order chi connectivity index (χ1) is 9.56. The summed E-state index contributed by atoms with van der Waals surface area (Å²) in [4.78, 5) is 24.0. The van der Waals surface area contributed by atoms with Crippen molar-refractivity contribution in [2.75, 3.05) is 13.2 Å². The lowest BCUT2D eigenvalue weighted by Crippen LogP contribution is -2.24. The van der Waals surface area contributed by atoms with Crippen molar-refractivity contribution in [3.05, 3.63) is 34.3 Å². The van der Waals surface area contributed by atoms with Gasteiger partial charge in [-0.3, -0.25) is 9.59 Å². The van der Waals surface area contributed by atoms with E-state index in [1.807, 2.05) is 6.07 Å². The van der Waals surface area contributed by atoms with Crippen LogP contribution in [0.25, 0.3) is 0 Å². The quantitative estimate of drug-likeness (QED) is 0.610. The van der Waals surface area contributed by atoms with Crippen LogP contribution in [0.5, 0.6) is 0 Å². The van der Waals surface area contributed by atoms with E-state index in [2.05, 4.69) is 15.9 Å². The summed E-state index contributed by atoms with van der Waals surface area (Å²) in [6.45, 7) is 2.80. The SMILES string of the molecule is C[C@H](CC(=O)c1cccc(Br)c1)C(=O)O[C@H]1CCOC1. The summed E-state index contributed by atoms with van der Waals surface area (Å²) < 4.78 is 11.3. The Morgan fingerprint density at radius 2 is 2.30 bits per heavy atom. The van der Waals surface area contributed by atoms with E-state index in [1.165, 1.54) is 0 Å². The van der Waals surface area contributed by atoms with Gasteiger partial charge in [-0.2, -0.15) is 0 Å². The molecule has 0 unspecified atom stereocenters. The second-order valence-corrected chi connectivity index (χ2v) is 5.88. The Bertz CT molecular complexity index is 494. The number of carbonyl (C=O) groups excluding carboxylic acids is 2. The molecule has 0 N–H and O–H groups in total. The highest BCUT2D eigenvalue weighted by molar-refractivity contribution is 9.10. The summed E-state index contributed by atoms with van der Waals surface area (Å²) >= 11 is 3.33. The number of carbonyl (C=O) groups is 2. The van der Waals surface area contributed by atoms with Crippen LogP contribution in [0.2, 0.25) is 0 Å². The average molecular weight is 341 g/mol. The number of hydrogen-bond donors (Lipinski definition) is 0. The number of rotatable bonds is 5. The minimum Gasteiger partial charge on any atom is -0.460 e. The highest BCUT2D eigenvalue weighted by Gasteiger charge is 2.25. The number of Topliss-reactive ketones (excluding diaryl/α,β-unsaturated/α-hetero) is 1. The van der Waals surface area contributed by atoms with Crippen LogP contribution in [0.15, 0.2) is 28.7 Å². The number of halogens is 1. The third-order valence-electron chi connectivity index (χ3n) is 3.21. The number of ether oxygens (including phenoxy) is 2. The van der Waals surface area contributed by atoms with Crippen molar-refractivity contribution < 1.29 is 19.1 Å². The normalized spacial score (nSPS) is 19.6. The lowest BCUT2D eigenvalue weighted by molar-refractivity contribution is -0.153. The van der Waals surface area contributed by atoms with E-state index in [9.17, 15) is 9.59 Å². The fraction of sp³-hybridized carbons (Fsp3) is 0.467. The van der Waals surface area contributed by atoms with Crippen molar-refractivity contribution >= 4 is 27.7 Å². The van der Waals surface area contributed by atoms with Crippen LogP contribution in [-0.2, 0) is 14.3 Å². The number of esters is 1. The van der Waals surface area contributed by atoms with Gasteiger partial charge in [0.05, 0.1) is 19.1 Å². The molecule has 0 bridgehead atoms. The standard InChI is InChI=1S/C15H17BrO4/c1-10(15(18)20-13-5-6-19-9-13)7-14(17)11-3-2-4-12(16)8-11/h2-4,8,10,13H,5-7,9H2,1H3/t10-,13+/m1/s1. The van der Waals surface area contributed by atoms with E-state index in [-0.39, 0.29) is 24.3 Å². The van der Waals surface area contributed by atoms with E-state index in [0.717, 1.165) is 10.9 Å². The van der Waals surface area contributed by atoms with Gasteiger partial charge in [0.25, 0.3) is 0 Å². The molecule has 0 aromatic heterocycles. The minimum absolute atomic E-state index is 0.0570. The molecular weight excluding hydrogens is 324 g/mol. The summed E-state index contributed by atoms with van der Waals surface area (Å²) in [5.74, 6) is -0.829. The minimum atomic E-state index is -0.443. The fourth-order valence-electron chi connectivity index (χ4n) is 2.03. The Balaban J connectivity index is 1.88. The highest BCUT2D eigenvalue weighted by atomic mass is 79.9. The Hall–Kier alpha value is -1.20. The van der Waals surface area contributed by atoms with Gasteiger partial charge in [-0.1, -0.05) is 35.0 Å². The molecule has 4 nitrogen and oxygen atoms in total. The Kier molecular flexibility index (Phi) is 5.31. The molecule has 1 aliphatic rings. The van der Waals surface area contributed by atoms with Crippen LogP contribution < -0.4 is 0 Å². The van der Waals surface area contributed by atoms with Gasteiger partial charge in [0, 0.05) is 22.9 Å². The highest BCUT2D eigenvalue weighted by Crippen LogP contribution is 2.17. The lowest BCUT2D eigenvalue weighted by atomic mass is 10.00. The molecule has 1 saturated heterocycles. The number of hydrogen-bond acceptors (Lipinski definition) is 4. The predicted octanol–water partition coefficient (Wildman–Crippen LogP) is 2.99. The van der Waals surface area contributed by atoms with Crippen molar-refractivity contribution in [1.29, 1.82) is 0 Å². The van der Waals surface area contributed by atoms with Crippen LogP contribution in [0, 0.1) is 5.92 Å². The maximum Gasteiger partial charge on any atom is 0.309 e. The van der Waals surface area contributed by atoms with E-state index >= 15 is 0 Å². The van der Waals surface area contributed by atoms with Crippen LogP contribution in [0.3, 0.4) is 0 Å². The molecule has 2 rings (SSSR count). The summed E-state index contributed by atoms with van der Waals surface area (Å²) in [6, 6.07) is 7.16. The van der Waals surface area contributed by atoms with Crippen molar-refractivity contribution in [2.24, 2.45) is 5.92 Å². The van der Waals surface area contributed by atoms with Crippen molar-refractivity contribution in [3.8, 4) is 0 Å². The first-order valence-electron chi connectivity index (χ1n) is 6.63. The van der Waals surface area contributed by atoms with Crippen LogP contribution in [-0.4, -0.2) is 31.1 Å². The third-order valence-corrected chi connectivity index (χ3v) is 3.70.